The number of aryl methyl sites for hydroxylation is 1. The summed E-state index contributed by atoms with van der Waals surface area (Å²) < 4.78 is 5.04. The van der Waals surface area contributed by atoms with Crippen LogP contribution in [-0.2, 0) is 5.54 Å². The summed E-state index contributed by atoms with van der Waals surface area (Å²) >= 11 is 2.92. The molecule has 1 atom stereocenters. The third kappa shape index (κ3) is 3.13. The Balaban J connectivity index is 2.19. The lowest BCUT2D eigenvalue weighted by molar-refractivity contribution is 0.528. The van der Waals surface area contributed by atoms with E-state index < -0.39 is 5.54 Å². The van der Waals surface area contributed by atoms with Crippen molar-refractivity contribution in [2.24, 2.45) is 0 Å². The quantitative estimate of drug-likeness (QED) is 0.858. The Morgan fingerprint density at radius 3 is 2.68 bits per heavy atom. The normalized spacial score (nSPS) is 13.7. The van der Waals surface area contributed by atoms with Gasteiger partial charge in [0.15, 0.2) is 4.34 Å². The average molecular weight is 290 g/mol. The number of nitriles is 1. The fourth-order valence-electron chi connectivity index (χ4n) is 1.68. The van der Waals surface area contributed by atoms with Gasteiger partial charge in [0, 0.05) is 5.75 Å². The lowest BCUT2D eigenvalue weighted by Crippen LogP contribution is -2.41. The zero-order valence-corrected chi connectivity index (χ0v) is 12.4. The van der Waals surface area contributed by atoms with Crippen molar-refractivity contribution in [3.8, 4) is 6.07 Å². The maximum atomic E-state index is 9.55. The zero-order valence-electron chi connectivity index (χ0n) is 10.8. The molecule has 98 valence electrons. The van der Waals surface area contributed by atoms with Crippen molar-refractivity contribution in [3.63, 3.8) is 0 Å². The Kier molecular flexibility index (Phi) is 4.53. The molecule has 0 saturated carbocycles. The minimum atomic E-state index is -0.703. The highest BCUT2D eigenvalue weighted by atomic mass is 32.2. The van der Waals surface area contributed by atoms with Crippen LogP contribution in [0.3, 0.4) is 0 Å². The first-order chi connectivity index (χ1) is 9.20. The first-order valence-electron chi connectivity index (χ1n) is 5.79. The van der Waals surface area contributed by atoms with E-state index in [0.29, 0.717) is 5.75 Å². The summed E-state index contributed by atoms with van der Waals surface area (Å²) in [6, 6.07) is 12.1. The van der Waals surface area contributed by atoms with E-state index in [1.54, 1.807) is 11.8 Å². The topological polar surface area (TPSA) is 61.6 Å². The monoisotopic (exact) mass is 290 g/mol. The Hall–Kier alpha value is -1.42. The third-order valence-electron chi connectivity index (χ3n) is 2.81. The van der Waals surface area contributed by atoms with E-state index in [4.69, 9.17) is 0 Å². The Labute approximate surface area is 121 Å². The molecule has 0 amide bonds. The van der Waals surface area contributed by atoms with Crippen molar-refractivity contribution in [1.29, 1.82) is 5.26 Å². The molecule has 0 saturated heterocycles. The molecule has 4 nitrogen and oxygen atoms in total. The molecule has 0 fully saturated rings. The number of benzene rings is 1. The molecule has 0 aliphatic heterocycles. The summed E-state index contributed by atoms with van der Waals surface area (Å²) in [6.45, 7) is 1.87. The van der Waals surface area contributed by atoms with Crippen molar-refractivity contribution in [1.82, 2.24) is 14.7 Å². The molecule has 0 spiro atoms. The van der Waals surface area contributed by atoms with E-state index in [-0.39, 0.29) is 0 Å². The second-order valence-corrected chi connectivity index (χ2v) is 6.00. The van der Waals surface area contributed by atoms with Gasteiger partial charge in [0.05, 0.1) is 6.07 Å². The van der Waals surface area contributed by atoms with Crippen LogP contribution in [0.4, 0.5) is 0 Å². The predicted octanol–water partition coefficient (Wildman–Crippen LogP) is 2.58. The summed E-state index contributed by atoms with van der Waals surface area (Å²) in [5, 5.41) is 12.7. The predicted molar refractivity (Wildman–Crippen MR) is 78.2 cm³/mol. The van der Waals surface area contributed by atoms with E-state index in [1.807, 2.05) is 44.3 Å². The highest BCUT2D eigenvalue weighted by Crippen LogP contribution is 2.29. The molecule has 19 heavy (non-hydrogen) atoms. The van der Waals surface area contributed by atoms with Gasteiger partial charge < -0.3 is 0 Å². The molecule has 1 unspecified atom stereocenters. The van der Waals surface area contributed by atoms with E-state index in [2.05, 4.69) is 20.7 Å². The smallest absolute Gasteiger partial charge is 0.170 e. The minimum Gasteiger partial charge on any atom is -0.298 e. The summed E-state index contributed by atoms with van der Waals surface area (Å²) in [7, 11) is 1.81. The lowest BCUT2D eigenvalue weighted by Gasteiger charge is -2.25. The molecule has 0 aliphatic carbocycles. The van der Waals surface area contributed by atoms with Gasteiger partial charge in [0.2, 0.25) is 0 Å². The molecule has 1 N–H and O–H groups in total. The Morgan fingerprint density at radius 2 is 2.16 bits per heavy atom. The number of hydrogen-bond donors (Lipinski definition) is 1. The number of nitrogens with zero attached hydrogens (tertiary/aromatic N) is 3. The van der Waals surface area contributed by atoms with Gasteiger partial charge in [-0.15, -0.1) is 0 Å². The van der Waals surface area contributed by atoms with Crippen LogP contribution in [0.25, 0.3) is 0 Å². The van der Waals surface area contributed by atoms with E-state index >= 15 is 0 Å². The maximum absolute atomic E-state index is 9.55. The van der Waals surface area contributed by atoms with Crippen LogP contribution in [0.1, 0.15) is 11.4 Å². The number of aromatic nitrogens is 2. The molecule has 6 heteroatoms. The maximum Gasteiger partial charge on any atom is 0.170 e. The number of hydrogen-bond acceptors (Lipinski definition) is 6. The first kappa shape index (κ1) is 14.0. The number of thioether (sulfide) groups is 1. The van der Waals surface area contributed by atoms with E-state index in [1.165, 1.54) is 11.5 Å². The van der Waals surface area contributed by atoms with Crippen LogP contribution < -0.4 is 5.32 Å². The summed E-state index contributed by atoms with van der Waals surface area (Å²) in [6.07, 6.45) is 0. The molecule has 1 aromatic carbocycles. The van der Waals surface area contributed by atoms with Crippen LogP contribution >= 0.6 is 23.3 Å². The number of nitrogens with one attached hydrogen (secondary N) is 1. The molecule has 2 rings (SSSR count). The second-order valence-electron chi connectivity index (χ2n) is 4.03. The summed E-state index contributed by atoms with van der Waals surface area (Å²) in [4.78, 5) is 4.31. The largest absolute Gasteiger partial charge is 0.298 e. The van der Waals surface area contributed by atoms with Crippen molar-refractivity contribution in [3.05, 3.63) is 41.7 Å². The van der Waals surface area contributed by atoms with E-state index in [9.17, 15) is 5.26 Å². The molecule has 0 aliphatic rings. The van der Waals surface area contributed by atoms with Gasteiger partial charge in [-0.1, -0.05) is 42.1 Å². The van der Waals surface area contributed by atoms with Gasteiger partial charge in [-0.2, -0.15) is 9.64 Å². The molecule has 1 heterocycles. The van der Waals surface area contributed by atoms with Gasteiger partial charge in [-0.25, -0.2) is 4.98 Å². The fraction of sp³-hybridized carbons (Fsp3) is 0.308. The van der Waals surface area contributed by atoms with Crippen LogP contribution in [0, 0.1) is 18.3 Å². The fourth-order valence-corrected chi connectivity index (χ4v) is 3.52. The average Bonchev–Trinajstić information content (AvgIpc) is 2.88. The minimum absolute atomic E-state index is 0.596. The molecular formula is C13H14N4S2. The highest BCUT2D eigenvalue weighted by Gasteiger charge is 2.30. The Bertz CT molecular complexity index is 576. The molecule has 0 bridgehead atoms. The van der Waals surface area contributed by atoms with Gasteiger partial charge in [0.25, 0.3) is 0 Å². The van der Waals surface area contributed by atoms with Crippen molar-refractivity contribution >= 4 is 23.3 Å². The van der Waals surface area contributed by atoms with Crippen LogP contribution in [0.2, 0.25) is 0 Å². The molecule has 0 radical (unpaired) electrons. The van der Waals surface area contributed by atoms with Gasteiger partial charge in [-0.05, 0) is 31.1 Å². The van der Waals surface area contributed by atoms with Gasteiger partial charge in [-0.3, -0.25) is 5.32 Å². The van der Waals surface area contributed by atoms with E-state index in [0.717, 1.165) is 15.7 Å². The van der Waals surface area contributed by atoms with Crippen molar-refractivity contribution in [2.75, 3.05) is 12.8 Å². The van der Waals surface area contributed by atoms with Crippen LogP contribution in [0.5, 0.6) is 0 Å². The Morgan fingerprint density at radius 1 is 1.42 bits per heavy atom. The molecule has 2 aromatic rings. The van der Waals surface area contributed by atoms with Crippen molar-refractivity contribution in [2.45, 2.75) is 16.8 Å². The lowest BCUT2D eigenvalue weighted by atomic mass is 9.94. The third-order valence-corrected chi connectivity index (χ3v) is 4.90. The highest BCUT2D eigenvalue weighted by molar-refractivity contribution is 8.01. The molecule has 1 aromatic heterocycles. The summed E-state index contributed by atoms with van der Waals surface area (Å²) in [5.41, 5.74) is 0.264. The SMILES string of the molecule is CNC(C#N)(CSc1nc(C)ns1)c1ccccc1. The summed E-state index contributed by atoms with van der Waals surface area (Å²) in [5.74, 6) is 1.37. The van der Waals surface area contributed by atoms with Crippen LogP contribution in [-0.4, -0.2) is 22.2 Å². The van der Waals surface area contributed by atoms with Gasteiger partial charge >= 0.3 is 0 Å². The van der Waals surface area contributed by atoms with Crippen LogP contribution in [0.15, 0.2) is 34.7 Å². The number of rotatable bonds is 5. The first-order valence-corrected chi connectivity index (χ1v) is 7.55. The molecular weight excluding hydrogens is 276 g/mol. The standard InChI is InChI=1S/C13H14N4S2/c1-10-16-12(19-17-10)18-9-13(8-14,15-2)11-6-4-3-5-7-11/h3-7,15H,9H2,1-2H3. The zero-order chi connectivity index (χ0) is 13.7. The van der Waals surface area contributed by atoms with Crippen molar-refractivity contribution < 1.29 is 0 Å². The second kappa shape index (κ2) is 6.15. The van der Waals surface area contributed by atoms with Gasteiger partial charge in [0.1, 0.15) is 11.4 Å².